The van der Waals surface area contributed by atoms with E-state index in [1.54, 1.807) is 6.20 Å². The van der Waals surface area contributed by atoms with Crippen molar-refractivity contribution in [1.82, 2.24) is 9.55 Å². The van der Waals surface area contributed by atoms with Crippen LogP contribution in [-0.4, -0.2) is 27.5 Å². The highest BCUT2D eigenvalue weighted by molar-refractivity contribution is 5.88. The molecule has 1 aliphatic rings. The van der Waals surface area contributed by atoms with Crippen molar-refractivity contribution >= 4 is 5.78 Å². The molecular formula is C15H24N2O2. The number of aromatic nitrogens is 2. The molecule has 0 aromatic carbocycles. The maximum Gasteiger partial charge on any atom is 0.172 e. The highest BCUT2D eigenvalue weighted by Crippen LogP contribution is 2.36. The number of ketones is 1. The fraction of sp³-hybridized carbons (Fsp3) is 0.733. The number of hydrogen-bond donors (Lipinski definition) is 0. The zero-order chi connectivity index (χ0) is 13.9. The highest BCUT2D eigenvalue weighted by Gasteiger charge is 2.41. The lowest BCUT2D eigenvalue weighted by Gasteiger charge is -2.37. The Kier molecular flexibility index (Phi) is 4.40. The minimum absolute atomic E-state index is 0.190. The van der Waals surface area contributed by atoms with Gasteiger partial charge in [-0.15, -0.1) is 0 Å². The van der Waals surface area contributed by atoms with E-state index in [1.165, 1.54) is 0 Å². The maximum absolute atomic E-state index is 12.7. The zero-order valence-electron chi connectivity index (χ0n) is 12.2. The molecule has 1 aliphatic carbocycles. The van der Waals surface area contributed by atoms with Crippen LogP contribution in [0.2, 0.25) is 0 Å². The molecular weight excluding hydrogens is 240 g/mol. The van der Waals surface area contributed by atoms with E-state index in [9.17, 15) is 4.79 Å². The molecule has 0 saturated heterocycles. The van der Waals surface area contributed by atoms with Crippen LogP contribution in [0.3, 0.4) is 0 Å². The summed E-state index contributed by atoms with van der Waals surface area (Å²) >= 11 is 0. The largest absolute Gasteiger partial charge is 0.367 e. The summed E-state index contributed by atoms with van der Waals surface area (Å²) in [5.41, 5.74) is -0.562. The van der Waals surface area contributed by atoms with Gasteiger partial charge in [0, 0.05) is 26.0 Å². The van der Waals surface area contributed by atoms with Gasteiger partial charge in [0.05, 0.1) is 6.42 Å². The number of carbonyl (C=O) groups is 1. The summed E-state index contributed by atoms with van der Waals surface area (Å²) in [4.78, 5) is 16.9. The average Bonchev–Trinajstić information content (AvgIpc) is 2.78. The first kappa shape index (κ1) is 14.3. The van der Waals surface area contributed by atoms with Crippen molar-refractivity contribution in [3.8, 4) is 0 Å². The van der Waals surface area contributed by atoms with Gasteiger partial charge in [0.2, 0.25) is 0 Å². The van der Waals surface area contributed by atoms with E-state index in [0.717, 1.165) is 31.5 Å². The standard InChI is InChI=1S/C15H24N2O2/c1-4-19-15(7-5-12(2)6-8-15)13(18)11-14-16-9-10-17(14)3/h9-10,12H,4-8,11H2,1-3H3. The van der Waals surface area contributed by atoms with E-state index in [2.05, 4.69) is 11.9 Å². The van der Waals surface area contributed by atoms with E-state index in [1.807, 2.05) is 24.7 Å². The van der Waals surface area contributed by atoms with Gasteiger partial charge < -0.3 is 9.30 Å². The Morgan fingerprint density at radius 2 is 2.21 bits per heavy atom. The minimum atomic E-state index is -0.562. The molecule has 1 fully saturated rings. The van der Waals surface area contributed by atoms with Crippen LogP contribution >= 0.6 is 0 Å². The van der Waals surface area contributed by atoms with Gasteiger partial charge in [0.15, 0.2) is 5.78 Å². The Labute approximate surface area is 115 Å². The first-order valence-electron chi connectivity index (χ1n) is 7.21. The number of rotatable bonds is 5. The lowest BCUT2D eigenvalue weighted by molar-refractivity contribution is -0.149. The van der Waals surface area contributed by atoms with Crippen LogP contribution < -0.4 is 0 Å². The molecule has 0 bridgehead atoms. The zero-order valence-corrected chi connectivity index (χ0v) is 12.2. The third kappa shape index (κ3) is 3.06. The third-order valence-corrected chi connectivity index (χ3v) is 4.25. The van der Waals surface area contributed by atoms with Crippen LogP contribution in [0, 0.1) is 5.92 Å². The van der Waals surface area contributed by atoms with Crippen LogP contribution in [-0.2, 0) is 23.0 Å². The molecule has 0 radical (unpaired) electrons. The van der Waals surface area contributed by atoms with E-state index >= 15 is 0 Å². The SMILES string of the molecule is CCOC1(C(=O)Cc2nccn2C)CCC(C)CC1. The Hall–Kier alpha value is -1.16. The van der Waals surface area contributed by atoms with Crippen LogP contribution in [0.1, 0.15) is 45.4 Å². The second kappa shape index (κ2) is 5.87. The monoisotopic (exact) mass is 264 g/mol. The van der Waals surface area contributed by atoms with Crippen molar-refractivity contribution < 1.29 is 9.53 Å². The van der Waals surface area contributed by atoms with Gasteiger partial charge in [0.25, 0.3) is 0 Å². The summed E-state index contributed by atoms with van der Waals surface area (Å²) in [6.07, 6.45) is 7.84. The molecule has 19 heavy (non-hydrogen) atoms. The molecule has 1 aromatic rings. The van der Waals surface area contributed by atoms with Crippen LogP contribution in [0.5, 0.6) is 0 Å². The molecule has 1 aromatic heterocycles. The summed E-state index contributed by atoms with van der Waals surface area (Å²) in [7, 11) is 1.92. The number of hydrogen-bond acceptors (Lipinski definition) is 3. The van der Waals surface area contributed by atoms with Gasteiger partial charge in [-0.2, -0.15) is 0 Å². The number of aryl methyl sites for hydroxylation is 1. The summed E-state index contributed by atoms with van der Waals surface area (Å²) in [6, 6.07) is 0. The number of ether oxygens (including phenoxy) is 1. The Balaban J connectivity index is 2.10. The lowest BCUT2D eigenvalue weighted by Crippen LogP contribution is -2.45. The number of nitrogens with zero attached hydrogens (tertiary/aromatic N) is 2. The summed E-state index contributed by atoms with van der Waals surface area (Å²) in [5.74, 6) is 1.72. The maximum atomic E-state index is 12.7. The van der Waals surface area contributed by atoms with Gasteiger partial charge >= 0.3 is 0 Å². The van der Waals surface area contributed by atoms with E-state index in [0.29, 0.717) is 18.9 Å². The molecule has 0 amide bonds. The third-order valence-electron chi connectivity index (χ3n) is 4.25. The fourth-order valence-electron chi connectivity index (χ4n) is 2.88. The Bertz CT molecular complexity index is 431. The number of carbonyl (C=O) groups excluding carboxylic acids is 1. The molecule has 0 spiro atoms. The molecule has 106 valence electrons. The van der Waals surface area contributed by atoms with E-state index in [4.69, 9.17) is 4.74 Å². The number of Topliss-reactive ketones (excluding diaryl/α,β-unsaturated/α-hetero) is 1. The first-order valence-corrected chi connectivity index (χ1v) is 7.21. The van der Waals surface area contributed by atoms with Crippen molar-refractivity contribution in [2.45, 2.75) is 51.6 Å². The molecule has 0 N–H and O–H groups in total. The molecule has 4 nitrogen and oxygen atoms in total. The fourth-order valence-corrected chi connectivity index (χ4v) is 2.88. The predicted octanol–water partition coefficient (Wildman–Crippen LogP) is 2.52. The van der Waals surface area contributed by atoms with Gasteiger partial charge in [-0.05, 0) is 38.5 Å². The normalized spacial score (nSPS) is 27.4. The Morgan fingerprint density at radius 1 is 1.53 bits per heavy atom. The molecule has 1 heterocycles. The smallest absolute Gasteiger partial charge is 0.172 e. The summed E-state index contributed by atoms with van der Waals surface area (Å²) in [6.45, 7) is 4.81. The van der Waals surface area contributed by atoms with Crippen molar-refractivity contribution in [1.29, 1.82) is 0 Å². The predicted molar refractivity (Wildman–Crippen MR) is 73.9 cm³/mol. The quantitative estimate of drug-likeness (QED) is 0.821. The summed E-state index contributed by atoms with van der Waals surface area (Å²) in [5, 5.41) is 0. The molecule has 2 rings (SSSR count). The van der Waals surface area contributed by atoms with Crippen molar-refractivity contribution in [2.24, 2.45) is 13.0 Å². The van der Waals surface area contributed by atoms with Crippen molar-refractivity contribution in [2.75, 3.05) is 6.61 Å². The molecule has 1 saturated carbocycles. The van der Waals surface area contributed by atoms with Crippen LogP contribution in [0.15, 0.2) is 12.4 Å². The molecule has 0 unspecified atom stereocenters. The number of imidazole rings is 1. The van der Waals surface area contributed by atoms with Gasteiger partial charge in [-0.25, -0.2) is 4.98 Å². The lowest BCUT2D eigenvalue weighted by atomic mass is 9.76. The van der Waals surface area contributed by atoms with Crippen molar-refractivity contribution in [3.05, 3.63) is 18.2 Å². The molecule has 4 heteroatoms. The van der Waals surface area contributed by atoms with E-state index < -0.39 is 5.60 Å². The van der Waals surface area contributed by atoms with Gasteiger partial charge in [-0.1, -0.05) is 6.92 Å². The second-order valence-electron chi connectivity index (χ2n) is 5.66. The highest BCUT2D eigenvalue weighted by atomic mass is 16.5. The topological polar surface area (TPSA) is 44.1 Å². The van der Waals surface area contributed by atoms with E-state index in [-0.39, 0.29) is 5.78 Å². The van der Waals surface area contributed by atoms with Gasteiger partial charge in [0.1, 0.15) is 11.4 Å². The van der Waals surface area contributed by atoms with Gasteiger partial charge in [-0.3, -0.25) is 4.79 Å². The first-order chi connectivity index (χ1) is 9.07. The van der Waals surface area contributed by atoms with Crippen LogP contribution in [0.4, 0.5) is 0 Å². The molecule has 0 aliphatic heterocycles. The van der Waals surface area contributed by atoms with Crippen molar-refractivity contribution in [3.63, 3.8) is 0 Å². The molecule has 0 atom stereocenters. The van der Waals surface area contributed by atoms with Crippen LogP contribution in [0.25, 0.3) is 0 Å². The minimum Gasteiger partial charge on any atom is -0.367 e. The summed E-state index contributed by atoms with van der Waals surface area (Å²) < 4.78 is 7.79. The Morgan fingerprint density at radius 3 is 2.74 bits per heavy atom. The second-order valence-corrected chi connectivity index (χ2v) is 5.66. The average molecular weight is 264 g/mol.